The van der Waals surface area contributed by atoms with Crippen LogP contribution in [-0.4, -0.2) is 54.8 Å². The molecule has 6 rings (SSSR count). The molecule has 3 aromatic heterocycles. The first-order valence-electron chi connectivity index (χ1n) is 15.2. The summed E-state index contributed by atoms with van der Waals surface area (Å²) in [4.78, 5) is 30.5. The van der Waals surface area contributed by atoms with E-state index in [9.17, 15) is 27.2 Å². The van der Waals surface area contributed by atoms with Gasteiger partial charge in [-0.3, -0.25) is 9.59 Å². The van der Waals surface area contributed by atoms with E-state index in [4.69, 9.17) is 9.37 Å². The number of nitrogens with zero attached hydrogens (tertiary/aromatic N) is 5. The molecule has 11 nitrogen and oxygen atoms in total. The molecule has 0 aliphatic heterocycles. The summed E-state index contributed by atoms with van der Waals surface area (Å²) in [5.41, 5.74) is 1.41. The molecule has 3 aromatic rings. The van der Waals surface area contributed by atoms with Crippen molar-refractivity contribution in [1.82, 2.24) is 35.5 Å². The summed E-state index contributed by atoms with van der Waals surface area (Å²) in [6.07, 6.45) is 4.59. The predicted octanol–water partition coefficient (Wildman–Crippen LogP) is 5.34. The van der Waals surface area contributed by atoms with Crippen LogP contribution in [-0.2, 0) is 4.79 Å². The van der Waals surface area contributed by atoms with Crippen LogP contribution in [0, 0.1) is 11.8 Å². The van der Waals surface area contributed by atoms with Crippen molar-refractivity contribution < 1.29 is 36.5 Å². The minimum Gasteiger partial charge on any atom is -0.469 e. The highest BCUT2D eigenvalue weighted by Crippen LogP contribution is 2.44. The number of imidazole rings is 1. The number of alkyl halides is 4. The first kappa shape index (κ1) is 30.3. The van der Waals surface area contributed by atoms with E-state index in [2.05, 4.69) is 31.0 Å². The Bertz CT molecular complexity index is 1490. The molecule has 3 fully saturated rings. The van der Waals surface area contributed by atoms with Gasteiger partial charge in [-0.05, 0) is 42.7 Å². The topological polar surface area (TPSA) is 137 Å². The minimum absolute atomic E-state index is 0.00677. The molecule has 3 aliphatic carbocycles. The first-order chi connectivity index (χ1) is 21.0. The standard InChI is InChI=1S/C29H35F4N7O4/c1-2-3-23(36-22(41)10-16-12-29(32,33)13-16)43-19-11-21-35-20(15-40(21)34-14-19)24(18-6-8-28(30,31)9-7-18)37-27(42)26-25(17-4-5-17)38-44-39-26/h11,14-18,23-24H,2-10,12-13H2,1H3,(H,36,41)(H,37,42)/t23-,24-/m0/s1. The fraction of sp³-hybridized carbons (Fsp3) is 0.655. The number of fused-ring (bicyclic) bond motifs is 1. The van der Waals surface area contributed by atoms with Gasteiger partial charge in [0.05, 0.1) is 24.1 Å². The summed E-state index contributed by atoms with van der Waals surface area (Å²) in [5.74, 6) is -6.51. The normalized spacial score (nSPS) is 21.4. The highest BCUT2D eigenvalue weighted by molar-refractivity contribution is 5.93. The molecule has 0 spiro atoms. The number of nitrogens with one attached hydrogen (secondary N) is 2. The lowest BCUT2D eigenvalue weighted by molar-refractivity contribution is -0.135. The summed E-state index contributed by atoms with van der Waals surface area (Å²) in [6.45, 7) is 1.93. The maximum Gasteiger partial charge on any atom is 0.276 e. The number of hydrogen-bond donors (Lipinski definition) is 2. The number of carbonyl (C=O) groups is 2. The van der Waals surface area contributed by atoms with Gasteiger partial charge in [0, 0.05) is 50.5 Å². The van der Waals surface area contributed by atoms with Gasteiger partial charge in [0.2, 0.25) is 17.8 Å². The Morgan fingerprint density at radius 3 is 2.52 bits per heavy atom. The number of hydrogen-bond acceptors (Lipinski definition) is 8. The summed E-state index contributed by atoms with van der Waals surface area (Å²) in [5, 5.41) is 17.8. The number of rotatable bonds is 12. The third-order valence-corrected chi connectivity index (χ3v) is 8.64. The van der Waals surface area contributed by atoms with Crippen LogP contribution >= 0.6 is 0 Å². The summed E-state index contributed by atoms with van der Waals surface area (Å²) < 4.78 is 66.7. The van der Waals surface area contributed by atoms with Crippen molar-refractivity contribution in [2.75, 3.05) is 0 Å². The van der Waals surface area contributed by atoms with E-state index in [0.717, 1.165) is 12.8 Å². The lowest BCUT2D eigenvalue weighted by Crippen LogP contribution is -2.43. The Kier molecular flexibility index (Phi) is 8.22. The van der Waals surface area contributed by atoms with Gasteiger partial charge in [-0.1, -0.05) is 18.5 Å². The average molecular weight is 622 g/mol. The number of amides is 2. The van der Waals surface area contributed by atoms with Crippen molar-refractivity contribution in [1.29, 1.82) is 0 Å². The number of aromatic nitrogens is 5. The zero-order valence-electron chi connectivity index (χ0n) is 24.3. The second-order valence-electron chi connectivity index (χ2n) is 12.4. The minimum atomic E-state index is -2.75. The van der Waals surface area contributed by atoms with E-state index in [0.29, 0.717) is 35.6 Å². The molecule has 3 aliphatic rings. The molecule has 15 heteroatoms. The van der Waals surface area contributed by atoms with E-state index in [1.807, 2.05) is 6.92 Å². The number of halogens is 4. The van der Waals surface area contributed by atoms with Gasteiger partial charge in [0.1, 0.15) is 11.4 Å². The van der Waals surface area contributed by atoms with Crippen LogP contribution in [0.2, 0.25) is 0 Å². The quantitative estimate of drug-likeness (QED) is 0.204. The zero-order chi connectivity index (χ0) is 31.1. The van der Waals surface area contributed by atoms with E-state index >= 15 is 0 Å². The number of carbonyl (C=O) groups excluding carboxylic acids is 2. The van der Waals surface area contributed by atoms with E-state index in [-0.39, 0.29) is 74.3 Å². The Balaban J connectivity index is 1.18. The van der Waals surface area contributed by atoms with Gasteiger partial charge >= 0.3 is 0 Å². The van der Waals surface area contributed by atoms with Gasteiger partial charge in [-0.25, -0.2) is 31.7 Å². The van der Waals surface area contributed by atoms with Crippen molar-refractivity contribution in [3.05, 3.63) is 35.5 Å². The van der Waals surface area contributed by atoms with Crippen molar-refractivity contribution in [2.24, 2.45) is 11.8 Å². The van der Waals surface area contributed by atoms with Crippen molar-refractivity contribution >= 4 is 17.5 Å². The third-order valence-electron chi connectivity index (χ3n) is 8.64. The molecule has 0 aromatic carbocycles. The lowest BCUT2D eigenvalue weighted by atomic mass is 9.79. The molecule has 0 bridgehead atoms. The van der Waals surface area contributed by atoms with Gasteiger partial charge in [-0.15, -0.1) is 0 Å². The van der Waals surface area contributed by atoms with Gasteiger partial charge in [0.25, 0.3) is 5.91 Å². The molecule has 0 unspecified atom stereocenters. The van der Waals surface area contributed by atoms with Crippen LogP contribution in [0.5, 0.6) is 5.75 Å². The van der Waals surface area contributed by atoms with E-state index < -0.39 is 30.0 Å². The maximum atomic E-state index is 14.0. The van der Waals surface area contributed by atoms with Crippen LogP contribution in [0.15, 0.2) is 23.1 Å². The van der Waals surface area contributed by atoms with Gasteiger partial charge < -0.3 is 15.4 Å². The van der Waals surface area contributed by atoms with E-state index in [1.54, 1.807) is 12.3 Å². The van der Waals surface area contributed by atoms with Crippen molar-refractivity contribution in [3.63, 3.8) is 0 Å². The van der Waals surface area contributed by atoms with Crippen LogP contribution in [0.3, 0.4) is 0 Å². The largest absolute Gasteiger partial charge is 0.469 e. The smallest absolute Gasteiger partial charge is 0.276 e. The fourth-order valence-corrected chi connectivity index (χ4v) is 6.13. The second kappa shape index (κ2) is 12.0. The Labute approximate surface area is 250 Å². The summed E-state index contributed by atoms with van der Waals surface area (Å²) >= 11 is 0. The van der Waals surface area contributed by atoms with Crippen molar-refractivity contribution in [3.8, 4) is 5.75 Å². The molecule has 238 valence electrons. The monoisotopic (exact) mass is 621 g/mol. The van der Waals surface area contributed by atoms with Crippen LogP contribution in [0.4, 0.5) is 17.6 Å². The number of ether oxygens (including phenoxy) is 1. The molecule has 3 heterocycles. The molecular formula is C29H35F4N7O4. The Hall–Kier alpha value is -3.78. The SMILES string of the molecule is CCC[C@@H](NC(=O)CC1CC(F)(F)C1)Oc1cnn2cc([C@@H](NC(=O)c3nonc3C3CC3)C3CCC(F)(F)CC3)nc2c1. The summed E-state index contributed by atoms with van der Waals surface area (Å²) in [7, 11) is 0. The Morgan fingerprint density at radius 1 is 1.09 bits per heavy atom. The van der Waals surface area contributed by atoms with Crippen LogP contribution in [0.25, 0.3) is 5.65 Å². The molecule has 2 N–H and O–H groups in total. The summed E-state index contributed by atoms with van der Waals surface area (Å²) in [6, 6.07) is 0.928. The molecule has 2 atom stereocenters. The van der Waals surface area contributed by atoms with E-state index in [1.165, 1.54) is 10.7 Å². The third kappa shape index (κ3) is 6.96. The molecular weight excluding hydrogens is 586 g/mol. The average Bonchev–Trinajstić information content (AvgIpc) is 3.51. The maximum absolute atomic E-state index is 14.0. The zero-order valence-corrected chi connectivity index (χ0v) is 24.3. The van der Waals surface area contributed by atoms with Crippen LogP contribution in [0.1, 0.15) is 111 Å². The molecule has 0 saturated heterocycles. The molecule has 3 saturated carbocycles. The molecule has 0 radical (unpaired) electrons. The van der Waals surface area contributed by atoms with Gasteiger partial charge in [0.15, 0.2) is 17.6 Å². The highest BCUT2D eigenvalue weighted by atomic mass is 19.3. The first-order valence-corrected chi connectivity index (χ1v) is 15.2. The van der Waals surface area contributed by atoms with Crippen LogP contribution < -0.4 is 15.4 Å². The van der Waals surface area contributed by atoms with Gasteiger partial charge in [-0.2, -0.15) is 5.10 Å². The fourth-order valence-electron chi connectivity index (χ4n) is 6.13. The Morgan fingerprint density at radius 2 is 1.84 bits per heavy atom. The lowest BCUT2D eigenvalue weighted by Gasteiger charge is -2.34. The predicted molar refractivity (Wildman–Crippen MR) is 146 cm³/mol. The molecule has 2 amide bonds. The van der Waals surface area contributed by atoms with Crippen molar-refractivity contribution in [2.45, 2.75) is 108 Å². The second-order valence-corrected chi connectivity index (χ2v) is 12.4. The molecule has 44 heavy (non-hydrogen) atoms. The highest BCUT2D eigenvalue weighted by Gasteiger charge is 2.46.